The first-order valence-corrected chi connectivity index (χ1v) is 7.00. The zero-order chi connectivity index (χ0) is 13.8. The number of hydrogen-bond acceptors (Lipinski definition) is 4. The molecule has 19 heavy (non-hydrogen) atoms. The highest BCUT2D eigenvalue weighted by Gasteiger charge is 2.23. The number of aromatic nitrogens is 3. The summed E-state index contributed by atoms with van der Waals surface area (Å²) < 4.78 is 1.88. The Bertz CT molecular complexity index is 422. The van der Waals surface area contributed by atoms with Gasteiger partial charge in [-0.25, -0.2) is 9.67 Å². The highest BCUT2D eigenvalue weighted by atomic mass is 16.2. The van der Waals surface area contributed by atoms with Crippen molar-refractivity contribution in [3.8, 4) is 0 Å². The van der Waals surface area contributed by atoms with E-state index in [1.54, 1.807) is 6.33 Å². The topological polar surface area (TPSA) is 63.1 Å². The molecule has 1 aromatic rings. The molecule has 0 aromatic carbocycles. The van der Waals surface area contributed by atoms with Crippen molar-refractivity contribution < 1.29 is 4.79 Å². The molecule has 1 unspecified atom stereocenters. The lowest BCUT2D eigenvalue weighted by Gasteiger charge is -2.21. The van der Waals surface area contributed by atoms with E-state index in [0.717, 1.165) is 31.8 Å². The lowest BCUT2D eigenvalue weighted by atomic mass is 10.3. The van der Waals surface area contributed by atoms with Gasteiger partial charge in [-0.15, -0.1) is 0 Å². The van der Waals surface area contributed by atoms with Crippen LogP contribution < -0.4 is 5.32 Å². The Morgan fingerprint density at radius 2 is 2.05 bits per heavy atom. The Morgan fingerprint density at radius 3 is 2.68 bits per heavy atom. The molecule has 0 spiro atoms. The van der Waals surface area contributed by atoms with E-state index in [4.69, 9.17) is 0 Å². The number of nitrogens with one attached hydrogen (secondary N) is 1. The Labute approximate surface area is 114 Å². The molecule has 2 heterocycles. The second kappa shape index (κ2) is 6.14. The zero-order valence-electron chi connectivity index (χ0n) is 12.0. The summed E-state index contributed by atoms with van der Waals surface area (Å²) in [6.07, 6.45) is 3.81. The van der Waals surface area contributed by atoms with E-state index >= 15 is 0 Å². The largest absolute Gasteiger partial charge is 0.341 e. The van der Waals surface area contributed by atoms with Crippen LogP contribution in [0.3, 0.4) is 0 Å². The van der Waals surface area contributed by atoms with Gasteiger partial charge in [0, 0.05) is 19.1 Å². The summed E-state index contributed by atoms with van der Waals surface area (Å²) in [5, 5.41) is 7.43. The molecule has 0 radical (unpaired) electrons. The SMILES string of the molecule is CC(NCc1ncnn1C(C)C)C(=O)N1CCCC1. The molecule has 0 saturated carbocycles. The Kier molecular flexibility index (Phi) is 4.52. The minimum atomic E-state index is -0.171. The van der Waals surface area contributed by atoms with Crippen LogP contribution in [0.15, 0.2) is 6.33 Å². The summed E-state index contributed by atoms with van der Waals surface area (Å²) in [4.78, 5) is 18.3. The number of rotatable bonds is 5. The van der Waals surface area contributed by atoms with Gasteiger partial charge in [-0.2, -0.15) is 5.10 Å². The molecule has 6 nitrogen and oxygen atoms in total. The third-order valence-corrected chi connectivity index (χ3v) is 3.49. The van der Waals surface area contributed by atoms with E-state index in [1.807, 2.05) is 16.5 Å². The summed E-state index contributed by atoms with van der Waals surface area (Å²) in [6, 6.07) is 0.110. The first kappa shape index (κ1) is 14.0. The Morgan fingerprint density at radius 1 is 1.37 bits per heavy atom. The van der Waals surface area contributed by atoms with Gasteiger partial charge in [0.15, 0.2) is 0 Å². The first-order chi connectivity index (χ1) is 9.09. The van der Waals surface area contributed by atoms with Crippen molar-refractivity contribution in [3.63, 3.8) is 0 Å². The van der Waals surface area contributed by atoms with E-state index in [2.05, 4.69) is 29.2 Å². The Hall–Kier alpha value is -1.43. The quantitative estimate of drug-likeness (QED) is 0.861. The van der Waals surface area contributed by atoms with Gasteiger partial charge in [0.05, 0.1) is 12.6 Å². The minimum absolute atomic E-state index is 0.171. The molecule has 1 saturated heterocycles. The fraction of sp³-hybridized carbons (Fsp3) is 0.769. The van der Waals surface area contributed by atoms with Crippen LogP contribution in [0.1, 0.15) is 45.5 Å². The molecule has 0 bridgehead atoms. The number of likely N-dealkylation sites (tertiary alicyclic amines) is 1. The molecule has 0 aliphatic carbocycles. The monoisotopic (exact) mass is 265 g/mol. The predicted octanol–water partition coefficient (Wildman–Crippen LogP) is 0.959. The molecular weight excluding hydrogens is 242 g/mol. The highest BCUT2D eigenvalue weighted by Crippen LogP contribution is 2.09. The lowest BCUT2D eigenvalue weighted by Crippen LogP contribution is -2.43. The number of carbonyl (C=O) groups is 1. The molecule has 1 fully saturated rings. The van der Waals surface area contributed by atoms with Crippen molar-refractivity contribution in [2.75, 3.05) is 13.1 Å². The predicted molar refractivity (Wildman–Crippen MR) is 72.5 cm³/mol. The number of hydrogen-bond donors (Lipinski definition) is 1. The maximum absolute atomic E-state index is 12.1. The van der Waals surface area contributed by atoms with Crippen LogP contribution >= 0.6 is 0 Å². The molecule has 106 valence electrons. The van der Waals surface area contributed by atoms with Crippen LogP contribution in [0.25, 0.3) is 0 Å². The van der Waals surface area contributed by atoms with Gasteiger partial charge in [0.25, 0.3) is 0 Å². The van der Waals surface area contributed by atoms with Crippen molar-refractivity contribution in [1.82, 2.24) is 25.0 Å². The number of amides is 1. The van der Waals surface area contributed by atoms with Crippen LogP contribution in [0.5, 0.6) is 0 Å². The number of nitrogens with zero attached hydrogens (tertiary/aromatic N) is 4. The molecule has 1 aliphatic rings. The number of carbonyl (C=O) groups excluding carboxylic acids is 1. The molecule has 2 rings (SSSR count). The van der Waals surface area contributed by atoms with Crippen LogP contribution in [0, 0.1) is 0 Å². The van der Waals surface area contributed by atoms with Crippen LogP contribution in [-0.4, -0.2) is 44.7 Å². The van der Waals surface area contributed by atoms with Gasteiger partial charge < -0.3 is 4.90 Å². The van der Waals surface area contributed by atoms with Crippen molar-refractivity contribution in [2.24, 2.45) is 0 Å². The van der Waals surface area contributed by atoms with Crippen LogP contribution in [0.2, 0.25) is 0 Å². The third-order valence-electron chi connectivity index (χ3n) is 3.49. The normalized spacial score (nSPS) is 17.2. The molecule has 6 heteroatoms. The average Bonchev–Trinajstić information content (AvgIpc) is 3.05. The molecule has 1 amide bonds. The molecule has 1 atom stereocenters. The first-order valence-electron chi connectivity index (χ1n) is 7.00. The average molecular weight is 265 g/mol. The van der Waals surface area contributed by atoms with Crippen molar-refractivity contribution in [1.29, 1.82) is 0 Å². The second-order valence-corrected chi connectivity index (χ2v) is 5.35. The standard InChI is InChI=1S/C13H23N5O/c1-10(2)18-12(15-9-16-18)8-14-11(3)13(19)17-6-4-5-7-17/h9-11,14H,4-8H2,1-3H3. The van der Waals surface area contributed by atoms with Crippen molar-refractivity contribution >= 4 is 5.91 Å². The maximum atomic E-state index is 12.1. The summed E-state index contributed by atoms with van der Waals surface area (Å²) in [6.45, 7) is 8.41. The third kappa shape index (κ3) is 3.32. The fourth-order valence-electron chi connectivity index (χ4n) is 2.37. The second-order valence-electron chi connectivity index (χ2n) is 5.35. The van der Waals surface area contributed by atoms with Crippen molar-refractivity contribution in [3.05, 3.63) is 12.2 Å². The van der Waals surface area contributed by atoms with Gasteiger partial charge in [0.2, 0.25) is 5.91 Å². The van der Waals surface area contributed by atoms with E-state index in [9.17, 15) is 4.79 Å². The van der Waals surface area contributed by atoms with Gasteiger partial charge in [0.1, 0.15) is 12.2 Å². The fourth-order valence-corrected chi connectivity index (χ4v) is 2.37. The van der Waals surface area contributed by atoms with Crippen LogP contribution in [0.4, 0.5) is 0 Å². The van der Waals surface area contributed by atoms with Crippen LogP contribution in [-0.2, 0) is 11.3 Å². The summed E-state index contributed by atoms with van der Waals surface area (Å²) in [5.74, 6) is 1.06. The molecule has 1 aromatic heterocycles. The summed E-state index contributed by atoms with van der Waals surface area (Å²) >= 11 is 0. The van der Waals surface area contributed by atoms with E-state index in [-0.39, 0.29) is 18.0 Å². The van der Waals surface area contributed by atoms with Gasteiger partial charge in [-0.1, -0.05) is 0 Å². The van der Waals surface area contributed by atoms with Gasteiger partial charge >= 0.3 is 0 Å². The van der Waals surface area contributed by atoms with Gasteiger partial charge in [-0.3, -0.25) is 10.1 Å². The minimum Gasteiger partial charge on any atom is -0.341 e. The van der Waals surface area contributed by atoms with E-state index in [1.165, 1.54) is 0 Å². The summed E-state index contributed by atoms with van der Waals surface area (Å²) in [7, 11) is 0. The highest BCUT2D eigenvalue weighted by molar-refractivity contribution is 5.81. The molecule has 1 aliphatic heterocycles. The van der Waals surface area contributed by atoms with E-state index in [0.29, 0.717) is 6.54 Å². The van der Waals surface area contributed by atoms with Gasteiger partial charge in [-0.05, 0) is 33.6 Å². The lowest BCUT2D eigenvalue weighted by molar-refractivity contribution is -0.132. The Balaban J connectivity index is 1.87. The summed E-state index contributed by atoms with van der Waals surface area (Å²) in [5.41, 5.74) is 0. The van der Waals surface area contributed by atoms with Crippen molar-refractivity contribution in [2.45, 2.75) is 52.2 Å². The van der Waals surface area contributed by atoms with E-state index < -0.39 is 0 Å². The molecular formula is C13H23N5O. The maximum Gasteiger partial charge on any atom is 0.239 e. The zero-order valence-corrected chi connectivity index (χ0v) is 12.0. The smallest absolute Gasteiger partial charge is 0.239 e. The molecule has 1 N–H and O–H groups in total.